The second-order valence-electron chi connectivity index (χ2n) is 7.26. The molecule has 1 atom stereocenters. The summed E-state index contributed by atoms with van der Waals surface area (Å²) in [7, 11) is 0. The van der Waals surface area contributed by atoms with Crippen molar-refractivity contribution >= 4 is 0 Å². The Morgan fingerprint density at radius 3 is 2.45 bits per heavy atom. The van der Waals surface area contributed by atoms with E-state index in [9.17, 15) is 0 Å². The molecule has 0 bridgehead atoms. The van der Waals surface area contributed by atoms with E-state index in [1.807, 2.05) is 0 Å². The molecule has 1 fully saturated rings. The molecule has 3 aliphatic carbocycles. The van der Waals surface area contributed by atoms with Crippen molar-refractivity contribution in [1.29, 1.82) is 0 Å². The fourth-order valence-electron chi connectivity index (χ4n) is 5.01. The first-order valence-electron chi connectivity index (χ1n) is 9.59. The number of rotatable bonds is 3. The lowest BCUT2D eigenvalue weighted by Crippen LogP contribution is -2.28. The third kappa shape index (κ3) is 2.77. The van der Waals surface area contributed by atoms with Gasteiger partial charge in [0.2, 0.25) is 0 Å². The van der Waals surface area contributed by atoms with Crippen molar-refractivity contribution in [3.63, 3.8) is 0 Å². The summed E-state index contributed by atoms with van der Waals surface area (Å²) in [6, 6.07) is 0. The van der Waals surface area contributed by atoms with Crippen LogP contribution in [0.4, 0.5) is 0 Å². The van der Waals surface area contributed by atoms with Gasteiger partial charge in [0, 0.05) is 5.92 Å². The fourth-order valence-corrected chi connectivity index (χ4v) is 5.01. The highest BCUT2D eigenvalue weighted by atomic mass is 14.4. The van der Waals surface area contributed by atoms with Crippen molar-refractivity contribution in [2.75, 3.05) is 0 Å². The predicted molar refractivity (Wildman–Crippen MR) is 96.8 cm³/mol. The van der Waals surface area contributed by atoms with Crippen LogP contribution in [0.1, 0.15) is 78.6 Å². The zero-order valence-corrected chi connectivity index (χ0v) is 14.8. The Morgan fingerprint density at radius 2 is 1.77 bits per heavy atom. The Balaban J connectivity index is 2.09. The molecular formula is C22H32. The normalized spacial score (nSPS) is 28.5. The summed E-state index contributed by atoms with van der Waals surface area (Å²) >= 11 is 0. The number of hydrogen-bond donors (Lipinski definition) is 0. The summed E-state index contributed by atoms with van der Waals surface area (Å²) in [6.45, 7) is 7.01. The van der Waals surface area contributed by atoms with E-state index < -0.39 is 0 Å². The Morgan fingerprint density at radius 1 is 1.05 bits per heavy atom. The van der Waals surface area contributed by atoms with Crippen molar-refractivity contribution in [3.8, 4) is 0 Å². The molecule has 0 heteroatoms. The first-order valence-corrected chi connectivity index (χ1v) is 9.59. The molecule has 120 valence electrons. The monoisotopic (exact) mass is 296 g/mol. The summed E-state index contributed by atoms with van der Waals surface area (Å²) in [6.07, 6.45) is 19.7. The molecule has 0 saturated heterocycles. The summed E-state index contributed by atoms with van der Waals surface area (Å²) in [5.74, 6) is 1.58. The molecule has 1 saturated carbocycles. The summed E-state index contributed by atoms with van der Waals surface area (Å²) < 4.78 is 0. The molecule has 0 aromatic rings. The lowest BCUT2D eigenvalue weighted by Gasteiger charge is -2.41. The highest BCUT2D eigenvalue weighted by Gasteiger charge is 2.36. The Hall–Kier alpha value is -1.04. The van der Waals surface area contributed by atoms with Crippen LogP contribution in [-0.4, -0.2) is 0 Å². The highest BCUT2D eigenvalue weighted by molar-refractivity contribution is 5.62. The van der Waals surface area contributed by atoms with Crippen LogP contribution in [0, 0.1) is 11.8 Å². The summed E-state index contributed by atoms with van der Waals surface area (Å²) in [5.41, 5.74) is 8.21. The molecule has 0 spiro atoms. The smallest absolute Gasteiger partial charge is 0.0120 e. The number of allylic oxidation sites excluding steroid dienone is 8. The zero-order valence-electron chi connectivity index (χ0n) is 14.8. The van der Waals surface area contributed by atoms with Gasteiger partial charge in [-0.15, -0.1) is 0 Å². The Bertz CT molecular complexity index is 532. The highest BCUT2D eigenvalue weighted by Crippen LogP contribution is 2.50. The van der Waals surface area contributed by atoms with E-state index in [0.29, 0.717) is 5.92 Å². The van der Waals surface area contributed by atoms with Crippen LogP contribution in [-0.2, 0) is 0 Å². The molecule has 0 amide bonds. The van der Waals surface area contributed by atoms with Gasteiger partial charge in [-0.05, 0) is 79.2 Å². The Labute approximate surface area is 137 Å². The first-order chi connectivity index (χ1) is 10.8. The summed E-state index contributed by atoms with van der Waals surface area (Å²) in [5, 5.41) is 0. The van der Waals surface area contributed by atoms with Crippen molar-refractivity contribution in [3.05, 3.63) is 46.1 Å². The third-order valence-electron chi connectivity index (χ3n) is 5.96. The average molecular weight is 296 g/mol. The molecule has 0 N–H and O–H groups in total. The maximum Gasteiger partial charge on any atom is 0.0120 e. The molecule has 0 aromatic carbocycles. The van der Waals surface area contributed by atoms with Crippen molar-refractivity contribution in [2.45, 2.75) is 78.6 Å². The zero-order chi connectivity index (χ0) is 15.5. The van der Waals surface area contributed by atoms with Gasteiger partial charge >= 0.3 is 0 Å². The lowest BCUT2D eigenvalue weighted by molar-refractivity contribution is 0.301. The van der Waals surface area contributed by atoms with Gasteiger partial charge in [-0.3, -0.25) is 0 Å². The molecule has 0 nitrogen and oxygen atoms in total. The minimum absolute atomic E-state index is 0.699. The molecule has 3 aliphatic rings. The predicted octanol–water partition coefficient (Wildman–Crippen LogP) is 6.91. The molecule has 0 radical (unpaired) electrons. The van der Waals surface area contributed by atoms with Gasteiger partial charge in [0.25, 0.3) is 0 Å². The van der Waals surface area contributed by atoms with E-state index in [-0.39, 0.29) is 0 Å². The molecule has 3 rings (SSSR count). The molecule has 22 heavy (non-hydrogen) atoms. The van der Waals surface area contributed by atoms with Gasteiger partial charge in [0.1, 0.15) is 0 Å². The largest absolute Gasteiger partial charge is 0.0807 e. The molecular weight excluding hydrogens is 264 g/mol. The summed E-state index contributed by atoms with van der Waals surface area (Å²) in [4.78, 5) is 0. The second-order valence-corrected chi connectivity index (χ2v) is 7.26. The van der Waals surface area contributed by atoms with Crippen LogP contribution in [0.3, 0.4) is 0 Å². The number of hydrogen-bond acceptors (Lipinski definition) is 0. The van der Waals surface area contributed by atoms with Crippen molar-refractivity contribution < 1.29 is 0 Å². The molecule has 0 heterocycles. The maximum absolute atomic E-state index is 2.58. The van der Waals surface area contributed by atoms with Gasteiger partial charge in [0.05, 0.1) is 0 Å². The van der Waals surface area contributed by atoms with Gasteiger partial charge < -0.3 is 0 Å². The SMILES string of the molecule is CC/C=C1\C(CC)=C(C)C2=CCCC=C2C1C1CCCCC1. The lowest BCUT2D eigenvalue weighted by atomic mass is 9.63. The molecule has 0 aromatic heterocycles. The average Bonchev–Trinajstić information content (AvgIpc) is 2.57. The van der Waals surface area contributed by atoms with E-state index in [2.05, 4.69) is 39.0 Å². The fraction of sp³-hybridized carbons (Fsp3) is 0.636. The second kappa shape index (κ2) is 7.02. The van der Waals surface area contributed by atoms with Crippen molar-refractivity contribution in [1.82, 2.24) is 0 Å². The molecule has 0 aliphatic heterocycles. The van der Waals surface area contributed by atoms with Crippen molar-refractivity contribution in [2.24, 2.45) is 11.8 Å². The van der Waals surface area contributed by atoms with Gasteiger partial charge in [-0.2, -0.15) is 0 Å². The quantitative estimate of drug-likeness (QED) is 0.531. The van der Waals surface area contributed by atoms with Crippen LogP contribution in [0.15, 0.2) is 46.1 Å². The molecule has 1 unspecified atom stereocenters. The van der Waals surface area contributed by atoms with E-state index >= 15 is 0 Å². The van der Waals surface area contributed by atoms with Crippen LogP contribution in [0.2, 0.25) is 0 Å². The van der Waals surface area contributed by atoms with E-state index in [0.717, 1.165) is 5.92 Å². The van der Waals surface area contributed by atoms with Crippen LogP contribution in [0.5, 0.6) is 0 Å². The van der Waals surface area contributed by atoms with Crippen LogP contribution in [0.25, 0.3) is 0 Å². The third-order valence-corrected chi connectivity index (χ3v) is 5.96. The minimum Gasteiger partial charge on any atom is -0.0807 e. The van der Waals surface area contributed by atoms with Gasteiger partial charge in [-0.1, -0.05) is 51.3 Å². The van der Waals surface area contributed by atoms with Crippen LogP contribution >= 0.6 is 0 Å². The topological polar surface area (TPSA) is 0 Å². The number of fused-ring (bicyclic) bond motifs is 1. The van der Waals surface area contributed by atoms with E-state index in [1.54, 1.807) is 27.9 Å². The first kappa shape index (κ1) is 15.8. The van der Waals surface area contributed by atoms with E-state index in [4.69, 9.17) is 0 Å². The van der Waals surface area contributed by atoms with Gasteiger partial charge in [-0.25, -0.2) is 0 Å². The Kier molecular flexibility index (Phi) is 5.06. The standard InChI is InChI=1S/C22H32/c1-4-11-20-18(5-2)16(3)19-14-9-10-15-21(19)22(20)17-12-7-6-8-13-17/h11,14-15,17,22H,4-10,12-13H2,1-3H3/b20-11+. The minimum atomic E-state index is 0.699. The van der Waals surface area contributed by atoms with Gasteiger partial charge in [0.15, 0.2) is 0 Å². The maximum atomic E-state index is 2.58. The van der Waals surface area contributed by atoms with Crippen LogP contribution < -0.4 is 0 Å². The van der Waals surface area contributed by atoms with E-state index in [1.165, 1.54) is 57.8 Å².